The number of hydrogen-bond acceptors (Lipinski definition) is 8. The van der Waals surface area contributed by atoms with E-state index in [1.165, 1.54) is 15.7 Å². The van der Waals surface area contributed by atoms with E-state index in [4.69, 9.17) is 4.74 Å². The molecule has 0 aliphatic carbocycles. The minimum Gasteiger partial charge on any atom is -0.386 e. The summed E-state index contributed by atoms with van der Waals surface area (Å²) in [5.41, 5.74) is 4.27. The quantitative estimate of drug-likeness (QED) is 0.441. The lowest BCUT2D eigenvalue weighted by Crippen LogP contribution is -2.40. The van der Waals surface area contributed by atoms with Gasteiger partial charge >= 0.3 is 6.03 Å². The van der Waals surface area contributed by atoms with Crippen LogP contribution in [0.15, 0.2) is 42.9 Å². The maximum absolute atomic E-state index is 13.2. The topological polar surface area (TPSA) is 124 Å². The van der Waals surface area contributed by atoms with Crippen molar-refractivity contribution in [1.29, 1.82) is 0 Å². The van der Waals surface area contributed by atoms with Crippen LogP contribution in [0.1, 0.15) is 24.3 Å². The maximum Gasteiger partial charge on any atom is 0.328 e. The van der Waals surface area contributed by atoms with Crippen LogP contribution in [0.5, 0.6) is 0 Å². The van der Waals surface area contributed by atoms with Crippen molar-refractivity contribution in [3.8, 4) is 0 Å². The van der Waals surface area contributed by atoms with Crippen LogP contribution in [-0.4, -0.2) is 48.6 Å². The highest BCUT2D eigenvalue weighted by Crippen LogP contribution is 2.28. The van der Waals surface area contributed by atoms with Crippen molar-refractivity contribution < 1.29 is 9.53 Å². The van der Waals surface area contributed by atoms with Crippen LogP contribution in [0, 0.1) is 0 Å². The zero-order valence-corrected chi connectivity index (χ0v) is 17.9. The van der Waals surface area contributed by atoms with E-state index in [2.05, 4.69) is 36.1 Å². The van der Waals surface area contributed by atoms with E-state index < -0.39 is 12.1 Å². The minimum absolute atomic E-state index is 0.335. The zero-order chi connectivity index (χ0) is 22.2. The van der Waals surface area contributed by atoms with Crippen molar-refractivity contribution in [2.45, 2.75) is 25.7 Å². The number of amides is 1. The number of nitrogens with zero attached hydrogens (tertiary/aromatic N) is 6. The molecule has 3 N–H and O–H groups in total. The predicted octanol–water partition coefficient (Wildman–Crippen LogP) is 2.56. The molecule has 0 radical (unpaired) electrons. The first-order chi connectivity index (χ1) is 15.5. The highest BCUT2D eigenvalue weighted by Gasteiger charge is 2.26. The number of ether oxygens (including phenoxy) is 1. The number of carbonyl (C=O) groups excluding carboxylic acids is 1. The average Bonchev–Trinajstić information content (AvgIpc) is 3.39. The van der Waals surface area contributed by atoms with Crippen molar-refractivity contribution in [1.82, 2.24) is 34.8 Å². The van der Waals surface area contributed by atoms with Gasteiger partial charge in [-0.05, 0) is 24.6 Å². The van der Waals surface area contributed by atoms with E-state index in [9.17, 15) is 4.79 Å². The fourth-order valence-electron chi connectivity index (χ4n) is 3.78. The van der Waals surface area contributed by atoms with Gasteiger partial charge in [-0.1, -0.05) is 12.1 Å². The smallest absolute Gasteiger partial charge is 0.328 e. The van der Waals surface area contributed by atoms with E-state index in [0.29, 0.717) is 29.3 Å². The standard InChI is InChI=1S/C21H23N9O2/c1-12-19(16-9-24-29(3)28-16)32-10-13-5-4-6-14(7-13)26-17-8-15(22-2)18-20(27-17)30(11-23-18)21(31)25-12/h4-9,11-12,19H,10H2,1-3H3,(H,25,31)(H2,22,26,27)/t12-,19+/m1/s1. The first-order valence-corrected chi connectivity index (χ1v) is 10.2. The number of anilines is 3. The number of benzene rings is 1. The number of fused-ring (bicyclic) bond motifs is 3. The summed E-state index contributed by atoms with van der Waals surface area (Å²) in [5, 5.41) is 18.0. The molecule has 1 amide bonds. The molecule has 0 spiro atoms. The van der Waals surface area contributed by atoms with Gasteiger partial charge in [0, 0.05) is 25.8 Å². The Hall–Kier alpha value is -3.99. The average molecular weight is 433 g/mol. The number of imidazole rings is 1. The highest BCUT2D eigenvalue weighted by molar-refractivity contribution is 5.94. The van der Waals surface area contributed by atoms with Crippen LogP contribution in [0.2, 0.25) is 0 Å². The zero-order valence-electron chi connectivity index (χ0n) is 17.9. The molecule has 0 unspecified atom stereocenters. The van der Waals surface area contributed by atoms with Gasteiger partial charge in [0.25, 0.3) is 0 Å². The normalized spacial score (nSPS) is 18.8. The van der Waals surface area contributed by atoms with Crippen molar-refractivity contribution >= 4 is 34.4 Å². The predicted molar refractivity (Wildman–Crippen MR) is 119 cm³/mol. The first kappa shape index (κ1) is 19.9. The summed E-state index contributed by atoms with van der Waals surface area (Å²) in [6.45, 7) is 2.21. The van der Waals surface area contributed by atoms with Gasteiger partial charge < -0.3 is 20.7 Å². The lowest BCUT2D eigenvalue weighted by Gasteiger charge is -2.24. The number of nitrogens with one attached hydrogen (secondary N) is 3. The van der Waals surface area contributed by atoms with Crippen LogP contribution in [0.3, 0.4) is 0 Å². The lowest BCUT2D eigenvalue weighted by atomic mass is 10.1. The van der Waals surface area contributed by atoms with Gasteiger partial charge in [-0.3, -0.25) is 0 Å². The van der Waals surface area contributed by atoms with Crippen LogP contribution in [0.25, 0.3) is 11.2 Å². The Morgan fingerprint density at radius 3 is 2.94 bits per heavy atom. The summed E-state index contributed by atoms with van der Waals surface area (Å²) in [4.78, 5) is 23.7. The van der Waals surface area contributed by atoms with Gasteiger partial charge in [-0.15, -0.1) is 0 Å². The molecular formula is C21H23N9O2. The molecule has 5 rings (SSSR count). The SMILES string of the molecule is CNc1cc2nc3c1ncn3C(=O)N[C@H](C)[C@@H](c1cnn(C)n1)OCc1cccc(c1)N2. The van der Waals surface area contributed by atoms with Gasteiger partial charge in [-0.25, -0.2) is 19.3 Å². The molecule has 32 heavy (non-hydrogen) atoms. The van der Waals surface area contributed by atoms with Crippen molar-refractivity contribution in [3.63, 3.8) is 0 Å². The molecule has 4 heterocycles. The minimum atomic E-state index is -0.501. The van der Waals surface area contributed by atoms with Crippen LogP contribution in [-0.2, 0) is 18.4 Å². The molecule has 0 saturated carbocycles. The van der Waals surface area contributed by atoms with E-state index in [1.807, 2.05) is 44.3 Å². The Bertz CT molecular complexity index is 1300. The monoisotopic (exact) mass is 433 g/mol. The number of aromatic nitrogens is 6. The number of carbonyl (C=O) groups is 1. The molecule has 2 atom stereocenters. The highest BCUT2D eigenvalue weighted by atomic mass is 16.5. The Labute approximate surface area is 183 Å². The fraction of sp³-hybridized carbons (Fsp3) is 0.286. The van der Waals surface area contributed by atoms with Gasteiger partial charge in [0.05, 0.1) is 24.5 Å². The maximum atomic E-state index is 13.2. The Morgan fingerprint density at radius 1 is 1.28 bits per heavy atom. The number of hydrogen-bond donors (Lipinski definition) is 3. The van der Waals surface area contributed by atoms with E-state index in [-0.39, 0.29) is 6.03 Å². The molecule has 4 aromatic rings. The molecule has 11 nitrogen and oxygen atoms in total. The second-order valence-corrected chi connectivity index (χ2v) is 7.65. The fourth-order valence-corrected chi connectivity index (χ4v) is 3.78. The molecular weight excluding hydrogens is 410 g/mol. The molecule has 1 aromatic carbocycles. The van der Waals surface area contributed by atoms with Crippen molar-refractivity contribution in [3.05, 3.63) is 54.1 Å². The van der Waals surface area contributed by atoms with E-state index >= 15 is 0 Å². The Balaban J connectivity index is 1.63. The van der Waals surface area contributed by atoms with Crippen molar-refractivity contribution in [2.75, 3.05) is 17.7 Å². The van der Waals surface area contributed by atoms with Crippen LogP contribution < -0.4 is 16.0 Å². The molecule has 4 bridgehead atoms. The third-order valence-corrected chi connectivity index (χ3v) is 5.34. The molecule has 11 heteroatoms. The summed E-state index contributed by atoms with van der Waals surface area (Å²) in [7, 11) is 3.55. The third-order valence-electron chi connectivity index (χ3n) is 5.34. The van der Waals surface area contributed by atoms with E-state index in [0.717, 1.165) is 16.9 Å². The largest absolute Gasteiger partial charge is 0.386 e. The first-order valence-electron chi connectivity index (χ1n) is 10.2. The van der Waals surface area contributed by atoms with E-state index in [1.54, 1.807) is 13.2 Å². The lowest BCUT2D eigenvalue weighted by molar-refractivity contribution is 0.0167. The summed E-state index contributed by atoms with van der Waals surface area (Å²) in [6, 6.07) is 9.00. The van der Waals surface area contributed by atoms with Gasteiger partial charge in [0.15, 0.2) is 5.65 Å². The summed E-state index contributed by atoms with van der Waals surface area (Å²) in [5.74, 6) is 0.594. The van der Waals surface area contributed by atoms with Gasteiger partial charge in [0.2, 0.25) is 0 Å². The number of aryl methyl sites for hydroxylation is 1. The number of pyridine rings is 1. The second-order valence-electron chi connectivity index (χ2n) is 7.65. The molecule has 3 aromatic heterocycles. The van der Waals surface area contributed by atoms with Gasteiger partial charge in [0.1, 0.15) is 29.5 Å². The molecule has 0 saturated heterocycles. The molecule has 0 fully saturated rings. The molecule has 164 valence electrons. The molecule has 1 aliphatic heterocycles. The number of rotatable bonds is 2. The van der Waals surface area contributed by atoms with Gasteiger partial charge in [-0.2, -0.15) is 15.0 Å². The van der Waals surface area contributed by atoms with Crippen LogP contribution in [0.4, 0.5) is 22.0 Å². The Kier molecular flexibility index (Phi) is 4.94. The molecule has 1 aliphatic rings. The summed E-state index contributed by atoms with van der Waals surface area (Å²) < 4.78 is 7.62. The summed E-state index contributed by atoms with van der Waals surface area (Å²) in [6.07, 6.45) is 2.61. The Morgan fingerprint density at radius 2 is 2.16 bits per heavy atom. The third kappa shape index (κ3) is 3.62. The summed E-state index contributed by atoms with van der Waals surface area (Å²) >= 11 is 0. The van der Waals surface area contributed by atoms with Crippen molar-refractivity contribution in [2.24, 2.45) is 7.05 Å². The van der Waals surface area contributed by atoms with Crippen LogP contribution >= 0.6 is 0 Å². The second kappa shape index (κ2) is 7.93.